The summed E-state index contributed by atoms with van der Waals surface area (Å²) in [7, 11) is 0. The quantitative estimate of drug-likeness (QED) is 0.735. The molecule has 0 radical (unpaired) electrons. The molecule has 0 aromatic carbocycles. The highest BCUT2D eigenvalue weighted by molar-refractivity contribution is 9.09. The second-order valence-corrected chi connectivity index (χ2v) is 8.65. The van der Waals surface area contributed by atoms with Crippen LogP contribution in [0.4, 0.5) is 0 Å². The second kappa shape index (κ2) is 5.50. The van der Waals surface area contributed by atoms with Crippen molar-refractivity contribution in [3.05, 3.63) is 36.0 Å². The Morgan fingerprint density at radius 2 is 2.08 bits per heavy atom. The van der Waals surface area contributed by atoms with Gasteiger partial charge in [-0.15, -0.1) is 0 Å². The maximum atomic E-state index is 12.4. The Kier molecular flexibility index (Phi) is 3.77. The number of ketones is 2. The predicted molar refractivity (Wildman–Crippen MR) is 95.7 cm³/mol. The molecule has 4 aliphatic carbocycles. The lowest BCUT2D eigenvalue weighted by Crippen LogP contribution is -2.53. The van der Waals surface area contributed by atoms with E-state index in [4.69, 9.17) is 0 Å². The van der Waals surface area contributed by atoms with Gasteiger partial charge >= 0.3 is 0 Å². The van der Waals surface area contributed by atoms with Gasteiger partial charge in [-0.05, 0) is 54.7 Å². The molecule has 2 saturated carbocycles. The molecular weight excluding hydrogens is 368 g/mol. The number of hydrogen-bond donors (Lipinski definition) is 1. The van der Waals surface area contributed by atoms with Gasteiger partial charge in [0.05, 0.1) is 6.10 Å². The number of carbonyl (C=O) groups is 2. The van der Waals surface area contributed by atoms with Crippen molar-refractivity contribution in [3.63, 3.8) is 0 Å². The number of fused-ring (bicyclic) bond motifs is 5. The van der Waals surface area contributed by atoms with Crippen LogP contribution in [-0.2, 0) is 9.59 Å². The van der Waals surface area contributed by atoms with Gasteiger partial charge in [-0.3, -0.25) is 9.59 Å². The molecule has 3 nitrogen and oxygen atoms in total. The minimum absolute atomic E-state index is 0.0119. The van der Waals surface area contributed by atoms with Crippen LogP contribution in [0, 0.1) is 28.6 Å². The number of halogens is 1. The lowest BCUT2D eigenvalue weighted by atomic mass is 9.49. The highest BCUT2D eigenvalue weighted by Crippen LogP contribution is 2.62. The van der Waals surface area contributed by atoms with Crippen molar-refractivity contribution in [3.8, 4) is 0 Å². The third kappa shape index (κ3) is 1.99. The molecule has 24 heavy (non-hydrogen) atoms. The predicted octanol–water partition coefficient (Wildman–Crippen LogP) is 3.38. The first-order valence-electron chi connectivity index (χ1n) is 8.84. The maximum Gasteiger partial charge on any atom is 0.178 e. The molecule has 0 heterocycles. The topological polar surface area (TPSA) is 54.4 Å². The summed E-state index contributed by atoms with van der Waals surface area (Å²) in [6.45, 7) is 2.14. The average molecular weight is 391 g/mol. The molecule has 0 spiro atoms. The first-order valence-corrected chi connectivity index (χ1v) is 9.96. The Bertz CT molecular complexity index is 691. The van der Waals surface area contributed by atoms with Crippen LogP contribution in [0.25, 0.3) is 0 Å². The zero-order valence-corrected chi connectivity index (χ0v) is 15.5. The van der Waals surface area contributed by atoms with Crippen LogP contribution >= 0.6 is 15.9 Å². The number of aliphatic hydroxyl groups excluding tert-OH is 1. The van der Waals surface area contributed by atoms with Crippen LogP contribution < -0.4 is 0 Å². The van der Waals surface area contributed by atoms with Gasteiger partial charge < -0.3 is 5.11 Å². The van der Waals surface area contributed by atoms with Crippen LogP contribution in [0.5, 0.6) is 0 Å². The highest BCUT2D eigenvalue weighted by atomic mass is 79.9. The summed E-state index contributed by atoms with van der Waals surface area (Å²) in [6, 6.07) is 0. The summed E-state index contributed by atoms with van der Waals surface area (Å²) in [5, 5.41) is 11.4. The molecule has 0 saturated heterocycles. The number of hydrogen-bond acceptors (Lipinski definition) is 3. The van der Waals surface area contributed by atoms with E-state index in [1.807, 2.05) is 12.2 Å². The molecule has 0 aromatic heterocycles. The molecule has 0 bridgehead atoms. The summed E-state index contributed by atoms with van der Waals surface area (Å²) >= 11 is 3.44. The summed E-state index contributed by atoms with van der Waals surface area (Å²) < 4.78 is 0. The van der Waals surface area contributed by atoms with E-state index >= 15 is 0 Å². The van der Waals surface area contributed by atoms with Gasteiger partial charge in [0, 0.05) is 22.6 Å². The molecule has 0 aliphatic heterocycles. The van der Waals surface area contributed by atoms with Crippen molar-refractivity contribution in [1.82, 2.24) is 0 Å². The standard InChI is InChI=1S/C20H23BrO3/c1-19-8-7-16-14(15(19)4-5-17(19)23)3-2-12-10-13(22)6-9-20(12,16)18(24)11-21/h2-3,6,9-10,14-16,18,24H,4-5,7-8,11H2,1H3/t14-,15-,16-,18?,19-,20?/m0/s1. The van der Waals surface area contributed by atoms with E-state index in [0.717, 1.165) is 24.8 Å². The van der Waals surface area contributed by atoms with E-state index in [1.165, 1.54) is 0 Å². The minimum atomic E-state index is -0.577. The lowest BCUT2D eigenvalue weighted by Gasteiger charge is -2.55. The van der Waals surface area contributed by atoms with Gasteiger partial charge in [-0.2, -0.15) is 0 Å². The highest BCUT2D eigenvalue weighted by Gasteiger charge is 2.60. The minimum Gasteiger partial charge on any atom is -0.391 e. The molecule has 0 aromatic rings. The zero-order chi connectivity index (χ0) is 17.1. The van der Waals surface area contributed by atoms with Crippen LogP contribution in [0.3, 0.4) is 0 Å². The Balaban J connectivity index is 1.83. The molecule has 0 amide bonds. The molecule has 2 fully saturated rings. The molecule has 4 heteroatoms. The normalized spacial score (nSPS) is 44.6. The third-order valence-electron chi connectivity index (χ3n) is 7.17. The van der Waals surface area contributed by atoms with Gasteiger partial charge in [0.25, 0.3) is 0 Å². The smallest absolute Gasteiger partial charge is 0.178 e. The monoisotopic (exact) mass is 390 g/mol. The Morgan fingerprint density at radius 3 is 2.83 bits per heavy atom. The molecule has 2 unspecified atom stereocenters. The van der Waals surface area contributed by atoms with Gasteiger partial charge in [0.2, 0.25) is 0 Å². The molecular formula is C20H23BrO3. The fourth-order valence-corrected chi connectivity index (χ4v) is 6.39. The average Bonchev–Trinajstić information content (AvgIpc) is 2.89. The number of aliphatic hydroxyl groups is 1. The Morgan fingerprint density at radius 1 is 1.29 bits per heavy atom. The third-order valence-corrected chi connectivity index (χ3v) is 7.79. The van der Waals surface area contributed by atoms with Gasteiger partial charge in [-0.1, -0.05) is 41.1 Å². The Hall–Kier alpha value is -1.00. The van der Waals surface area contributed by atoms with Crippen LogP contribution in [0.1, 0.15) is 32.6 Å². The first kappa shape index (κ1) is 16.5. The van der Waals surface area contributed by atoms with E-state index in [1.54, 1.807) is 12.2 Å². The van der Waals surface area contributed by atoms with E-state index in [2.05, 4.69) is 28.9 Å². The first-order chi connectivity index (χ1) is 11.4. The van der Waals surface area contributed by atoms with E-state index in [0.29, 0.717) is 29.4 Å². The lowest BCUT2D eigenvalue weighted by molar-refractivity contribution is -0.130. The number of allylic oxidation sites excluding steroid dienone is 4. The van der Waals surface area contributed by atoms with Crippen molar-refractivity contribution in [2.45, 2.75) is 38.7 Å². The fraction of sp³-hybridized carbons (Fsp3) is 0.600. The number of rotatable bonds is 2. The fourth-order valence-electron chi connectivity index (χ4n) is 5.86. The van der Waals surface area contributed by atoms with Crippen LogP contribution in [0.15, 0.2) is 36.0 Å². The maximum absolute atomic E-state index is 12.4. The summed E-state index contributed by atoms with van der Waals surface area (Å²) in [4.78, 5) is 24.3. The number of Topliss-reactive ketones (excluding diaryl/α,β-unsaturated/α-hetero) is 1. The summed E-state index contributed by atoms with van der Waals surface area (Å²) in [5.74, 6) is 1.29. The van der Waals surface area contributed by atoms with E-state index < -0.39 is 11.5 Å². The van der Waals surface area contributed by atoms with Crippen molar-refractivity contribution in [2.75, 3.05) is 5.33 Å². The molecule has 4 aliphatic rings. The molecule has 128 valence electrons. The largest absolute Gasteiger partial charge is 0.391 e. The summed E-state index contributed by atoms with van der Waals surface area (Å²) in [6.07, 6.45) is 12.3. The van der Waals surface area contributed by atoms with Crippen LogP contribution in [0.2, 0.25) is 0 Å². The van der Waals surface area contributed by atoms with Gasteiger partial charge in [0.15, 0.2) is 5.78 Å². The second-order valence-electron chi connectivity index (χ2n) is 8.01. The van der Waals surface area contributed by atoms with Crippen molar-refractivity contribution < 1.29 is 14.7 Å². The molecule has 1 N–H and O–H groups in total. The zero-order valence-electron chi connectivity index (χ0n) is 13.9. The van der Waals surface area contributed by atoms with Crippen molar-refractivity contribution in [1.29, 1.82) is 0 Å². The Labute approximate surface area is 151 Å². The molecule has 4 rings (SSSR count). The van der Waals surface area contributed by atoms with Gasteiger partial charge in [0.1, 0.15) is 5.78 Å². The summed E-state index contributed by atoms with van der Waals surface area (Å²) in [5.41, 5.74) is 0.210. The number of alkyl halides is 1. The number of carbonyl (C=O) groups excluding carboxylic acids is 2. The van der Waals surface area contributed by atoms with Crippen molar-refractivity contribution in [2.24, 2.45) is 28.6 Å². The SMILES string of the molecule is C[C@]12CC[C@H]3[C@@H](C=CC4=CC(=O)C=CC43C(O)CBr)[C@@H]1CCC2=O. The van der Waals surface area contributed by atoms with Crippen LogP contribution in [-0.4, -0.2) is 28.1 Å². The van der Waals surface area contributed by atoms with Gasteiger partial charge in [-0.25, -0.2) is 0 Å². The van der Waals surface area contributed by atoms with Crippen molar-refractivity contribution >= 4 is 27.5 Å². The van der Waals surface area contributed by atoms with E-state index in [9.17, 15) is 14.7 Å². The van der Waals surface area contributed by atoms with E-state index in [-0.39, 0.29) is 17.1 Å². The molecule has 6 atom stereocenters.